The van der Waals surface area contributed by atoms with E-state index in [1.807, 2.05) is 0 Å². The first-order chi connectivity index (χ1) is 40.3. The van der Waals surface area contributed by atoms with E-state index in [-0.39, 0.29) is 100 Å². The molecular formula is C53H62N20O12. The number of nitrogens with two attached hydrogens (primary N) is 1. The maximum Gasteiger partial charge on any atom is 0.291 e. The SMILES string of the molecule is Cn1cc(NC(=O)c2c(O)c(NC(=O)c3c(O)c(NC(=O)c4nc(NC(=O)C(N)CCNC(=O)c5cc(NC(=O)c6cc(NC(=O)c7cc(NC(=O)c8nccn8C)cn7C)cn6C)cn5C)cn4C)cn3C)cn2C)cc1C(=O)NCCCO. The van der Waals surface area contributed by atoms with Gasteiger partial charge in [-0.3, -0.25) is 43.2 Å². The Labute approximate surface area is 482 Å². The number of aromatic hydroxyl groups is 2. The van der Waals surface area contributed by atoms with Crippen LogP contribution < -0.4 is 53.6 Å². The van der Waals surface area contributed by atoms with Crippen LogP contribution in [-0.4, -0.2) is 141 Å². The smallest absolute Gasteiger partial charge is 0.291 e. The molecule has 8 rings (SSSR count). The summed E-state index contributed by atoms with van der Waals surface area (Å²) < 4.78 is 11.3. The molecule has 446 valence electrons. The third-order valence-electron chi connectivity index (χ3n) is 13.3. The number of aromatic nitrogens is 10. The van der Waals surface area contributed by atoms with Crippen LogP contribution in [0.4, 0.5) is 39.9 Å². The summed E-state index contributed by atoms with van der Waals surface area (Å²) >= 11 is 0. The molecule has 0 aromatic carbocycles. The van der Waals surface area contributed by atoms with Crippen molar-refractivity contribution in [3.63, 3.8) is 0 Å². The lowest BCUT2D eigenvalue weighted by Crippen LogP contribution is -2.39. The zero-order valence-corrected chi connectivity index (χ0v) is 47.2. The fourth-order valence-corrected chi connectivity index (χ4v) is 8.98. The van der Waals surface area contributed by atoms with E-state index in [4.69, 9.17) is 10.8 Å². The molecule has 14 N–H and O–H groups in total. The number of aryl methyl sites for hydroxylation is 8. The van der Waals surface area contributed by atoms with Crippen LogP contribution in [0, 0.1) is 0 Å². The van der Waals surface area contributed by atoms with Gasteiger partial charge in [-0.15, -0.1) is 0 Å². The van der Waals surface area contributed by atoms with Crippen LogP contribution in [-0.2, 0) is 61.2 Å². The Kier molecular flexibility index (Phi) is 17.6. The molecule has 32 nitrogen and oxygen atoms in total. The van der Waals surface area contributed by atoms with Gasteiger partial charge in [0.15, 0.2) is 34.5 Å². The number of hydrogen-bond donors (Lipinski definition) is 13. The fourth-order valence-electron chi connectivity index (χ4n) is 8.98. The summed E-state index contributed by atoms with van der Waals surface area (Å²) in [6.07, 6.45) is 13.4. The van der Waals surface area contributed by atoms with E-state index in [0.717, 1.165) is 0 Å². The predicted molar refractivity (Wildman–Crippen MR) is 308 cm³/mol. The third-order valence-corrected chi connectivity index (χ3v) is 13.3. The minimum Gasteiger partial charge on any atom is -0.504 e. The molecule has 0 fully saturated rings. The molecule has 32 heteroatoms. The summed E-state index contributed by atoms with van der Waals surface area (Å²) in [5.41, 5.74) is 7.18. The summed E-state index contributed by atoms with van der Waals surface area (Å²) in [6.45, 7) is 0.0983. The van der Waals surface area contributed by atoms with Gasteiger partial charge >= 0.3 is 0 Å². The molecule has 8 aromatic rings. The van der Waals surface area contributed by atoms with Gasteiger partial charge in [0.25, 0.3) is 47.3 Å². The molecule has 9 amide bonds. The van der Waals surface area contributed by atoms with Gasteiger partial charge in [-0.1, -0.05) is 0 Å². The molecule has 1 unspecified atom stereocenters. The molecular weight excluding hydrogens is 1110 g/mol. The van der Waals surface area contributed by atoms with Crippen LogP contribution in [0.3, 0.4) is 0 Å². The Morgan fingerprint density at radius 3 is 1.34 bits per heavy atom. The van der Waals surface area contributed by atoms with E-state index in [1.54, 1.807) is 58.4 Å². The van der Waals surface area contributed by atoms with Crippen LogP contribution in [0.2, 0.25) is 0 Å². The van der Waals surface area contributed by atoms with Crippen LogP contribution in [0.25, 0.3) is 0 Å². The van der Waals surface area contributed by atoms with Crippen LogP contribution in [0.5, 0.6) is 11.5 Å². The van der Waals surface area contributed by atoms with Crippen molar-refractivity contribution >= 4 is 93.1 Å². The number of carbonyl (C=O) groups excluding carboxylic acids is 9. The number of carbonyl (C=O) groups is 9. The quantitative estimate of drug-likeness (QED) is 0.0426. The van der Waals surface area contributed by atoms with Crippen molar-refractivity contribution in [2.45, 2.75) is 18.9 Å². The summed E-state index contributed by atoms with van der Waals surface area (Å²) in [4.78, 5) is 127. The number of nitrogens with zero attached hydrogens (tertiary/aromatic N) is 10. The lowest BCUT2D eigenvalue weighted by molar-refractivity contribution is -0.117. The Hall–Kier alpha value is -11.2. The molecule has 0 saturated heterocycles. The van der Waals surface area contributed by atoms with E-state index in [1.165, 1.54) is 115 Å². The second-order valence-corrected chi connectivity index (χ2v) is 19.7. The monoisotopic (exact) mass is 1170 g/mol. The maximum absolute atomic E-state index is 13.5. The Balaban J connectivity index is 0.792. The molecule has 1 atom stereocenters. The zero-order chi connectivity index (χ0) is 61.7. The molecule has 0 aliphatic heterocycles. The first kappa shape index (κ1) is 60.0. The largest absolute Gasteiger partial charge is 0.504 e. The van der Waals surface area contributed by atoms with Gasteiger partial charge in [-0.05, 0) is 37.1 Å². The van der Waals surface area contributed by atoms with E-state index in [2.05, 4.69) is 57.8 Å². The second-order valence-electron chi connectivity index (χ2n) is 19.7. The van der Waals surface area contributed by atoms with Gasteiger partial charge in [0.2, 0.25) is 11.7 Å². The highest BCUT2D eigenvalue weighted by Gasteiger charge is 2.28. The van der Waals surface area contributed by atoms with Crippen molar-refractivity contribution in [2.24, 2.45) is 62.1 Å². The number of aliphatic hydroxyl groups excluding tert-OH is 1. The predicted octanol–water partition coefficient (Wildman–Crippen LogP) is 1.31. The lowest BCUT2D eigenvalue weighted by atomic mass is 10.2. The van der Waals surface area contributed by atoms with E-state index in [0.29, 0.717) is 17.8 Å². The Morgan fingerprint density at radius 2 is 0.882 bits per heavy atom. The molecule has 8 aromatic heterocycles. The first-order valence-corrected chi connectivity index (χ1v) is 25.9. The van der Waals surface area contributed by atoms with Crippen LogP contribution >= 0.6 is 0 Å². The topological polar surface area (TPSA) is 414 Å². The minimum absolute atomic E-state index is 0.0269. The fraction of sp³-hybridized carbons (Fsp3) is 0.264. The molecule has 0 radical (unpaired) electrons. The number of rotatable bonds is 22. The standard InChI is InChI=1S/C53H62N20O12/c1-66-14-13-55-43(66)52(84)61-30-19-37(70(5)23-30)49(81)59-28-18-36(69(4)21-28)48(80)58-27-16-35(67(2)20-27)47(79)57-12-10-31(54)45(77)65-38-26-73(8)44(64-38)53(85)63-33-25-72(7)40(42(33)76)51(83)62-32-24-71(6)39(41(32)75)50(82)60-29-17-34(68(3)22-29)46(78)56-11-9-15-74/h13-14,16-26,31,74-76H,9-12,15,54H2,1-8H3,(H,56,78)(H,57,79)(H,58,80)(H,59,81)(H,60,82)(H,61,84)(H,62,83)(H,63,85)(H,65,77). The summed E-state index contributed by atoms with van der Waals surface area (Å²) in [7, 11) is 12.5. The number of imidazole rings is 2. The highest BCUT2D eigenvalue weighted by Crippen LogP contribution is 2.34. The summed E-state index contributed by atoms with van der Waals surface area (Å²) in [5, 5.41) is 54.8. The number of hydrogen-bond acceptors (Lipinski definition) is 15. The number of amides is 9. The summed E-state index contributed by atoms with van der Waals surface area (Å²) in [5.74, 6) is -7.07. The molecule has 0 spiro atoms. The van der Waals surface area contributed by atoms with Crippen molar-refractivity contribution in [2.75, 3.05) is 56.9 Å². The Morgan fingerprint density at radius 1 is 0.471 bits per heavy atom. The normalized spacial score (nSPS) is 11.4. The van der Waals surface area contributed by atoms with Gasteiger partial charge in [0, 0.05) is 132 Å². The Bertz CT molecular complexity index is 3950. The van der Waals surface area contributed by atoms with E-state index in [9.17, 15) is 53.4 Å². The van der Waals surface area contributed by atoms with E-state index >= 15 is 0 Å². The van der Waals surface area contributed by atoms with Crippen LogP contribution in [0.15, 0.2) is 80.0 Å². The summed E-state index contributed by atoms with van der Waals surface area (Å²) in [6, 6.07) is 4.70. The zero-order valence-electron chi connectivity index (χ0n) is 47.2. The average Bonchev–Trinajstić information content (AvgIpc) is 3.53. The highest BCUT2D eigenvalue weighted by atomic mass is 16.3. The van der Waals surface area contributed by atoms with Gasteiger partial charge in [-0.2, -0.15) is 0 Å². The van der Waals surface area contributed by atoms with Crippen molar-refractivity contribution in [3.8, 4) is 11.5 Å². The molecule has 0 aliphatic rings. The molecule has 0 saturated carbocycles. The minimum atomic E-state index is -1.15. The highest BCUT2D eigenvalue weighted by molar-refractivity contribution is 6.13. The van der Waals surface area contributed by atoms with Gasteiger partial charge < -0.3 is 105 Å². The van der Waals surface area contributed by atoms with Crippen molar-refractivity contribution < 1.29 is 58.5 Å². The second kappa shape index (κ2) is 24.9. The lowest BCUT2D eigenvalue weighted by Gasteiger charge is -2.12. The van der Waals surface area contributed by atoms with Crippen LogP contribution in [0.1, 0.15) is 97.0 Å². The number of aliphatic hydroxyl groups is 1. The maximum atomic E-state index is 13.5. The molecule has 85 heavy (non-hydrogen) atoms. The number of nitrogens with one attached hydrogen (secondary N) is 9. The average molecular weight is 1170 g/mol. The first-order valence-electron chi connectivity index (χ1n) is 25.9. The molecule has 0 bridgehead atoms. The van der Waals surface area contributed by atoms with Crippen molar-refractivity contribution in [3.05, 3.63) is 126 Å². The molecule has 8 heterocycles. The van der Waals surface area contributed by atoms with Gasteiger partial charge in [0.1, 0.15) is 34.2 Å². The molecule has 0 aliphatic carbocycles. The van der Waals surface area contributed by atoms with E-state index < -0.39 is 70.7 Å². The van der Waals surface area contributed by atoms with Gasteiger partial charge in [-0.25, -0.2) is 9.97 Å². The number of anilines is 7. The van der Waals surface area contributed by atoms with Crippen molar-refractivity contribution in [1.29, 1.82) is 0 Å². The van der Waals surface area contributed by atoms with Crippen molar-refractivity contribution in [1.82, 2.24) is 57.1 Å². The van der Waals surface area contributed by atoms with Gasteiger partial charge in [0.05, 0.1) is 28.8 Å². The third kappa shape index (κ3) is 13.3.